The second-order valence-corrected chi connectivity index (χ2v) is 7.92. The first kappa shape index (κ1) is 19.6. The van der Waals surface area contributed by atoms with Gasteiger partial charge in [-0.2, -0.15) is 0 Å². The van der Waals surface area contributed by atoms with Crippen LogP contribution >= 0.6 is 11.6 Å². The van der Waals surface area contributed by atoms with Crippen LogP contribution in [0.3, 0.4) is 0 Å². The molecule has 2 aliphatic rings. The van der Waals surface area contributed by atoms with Gasteiger partial charge >= 0.3 is 0 Å². The van der Waals surface area contributed by atoms with Gasteiger partial charge in [-0.15, -0.1) is 0 Å². The quantitative estimate of drug-likeness (QED) is 0.615. The molecule has 7 heteroatoms. The van der Waals surface area contributed by atoms with E-state index >= 15 is 0 Å². The Morgan fingerprint density at radius 1 is 1.06 bits per heavy atom. The number of fused-ring (bicyclic) bond motifs is 3. The van der Waals surface area contributed by atoms with Crippen LogP contribution in [0.1, 0.15) is 31.8 Å². The molecule has 0 aliphatic carbocycles. The van der Waals surface area contributed by atoms with E-state index in [1.54, 1.807) is 34.1 Å². The van der Waals surface area contributed by atoms with Gasteiger partial charge in [0.15, 0.2) is 17.2 Å². The van der Waals surface area contributed by atoms with E-state index in [9.17, 15) is 14.0 Å². The molecule has 5 rings (SSSR count). The van der Waals surface area contributed by atoms with Gasteiger partial charge in [-0.05, 0) is 36.4 Å². The van der Waals surface area contributed by atoms with E-state index in [0.29, 0.717) is 23.7 Å². The third-order valence-corrected chi connectivity index (χ3v) is 6.25. The third-order valence-electron chi connectivity index (χ3n) is 6.00. The Morgan fingerprint density at radius 2 is 1.81 bits per heavy atom. The molecule has 3 aromatic rings. The SMILES string of the molecule is COc1ccc(C(=O)N2CCN3C(=O)c4ccccc4C23c2ccc(Cl)cc2)cc1F. The molecular weight excluding hydrogens is 419 g/mol. The van der Waals surface area contributed by atoms with Crippen LogP contribution in [-0.2, 0) is 5.66 Å². The highest BCUT2D eigenvalue weighted by atomic mass is 35.5. The minimum atomic E-state index is -1.12. The number of ether oxygens (including phenoxy) is 1. The number of hydrogen-bond acceptors (Lipinski definition) is 3. The predicted molar refractivity (Wildman–Crippen MR) is 114 cm³/mol. The lowest BCUT2D eigenvalue weighted by atomic mass is 9.89. The summed E-state index contributed by atoms with van der Waals surface area (Å²) in [5.74, 6) is -1.06. The molecule has 2 heterocycles. The molecule has 2 aliphatic heterocycles. The molecule has 31 heavy (non-hydrogen) atoms. The second-order valence-electron chi connectivity index (χ2n) is 7.49. The summed E-state index contributed by atoms with van der Waals surface area (Å²) < 4.78 is 19.3. The maximum Gasteiger partial charge on any atom is 0.256 e. The molecule has 1 fully saturated rings. The fraction of sp³-hybridized carbons (Fsp3) is 0.167. The van der Waals surface area contributed by atoms with Crippen molar-refractivity contribution in [1.82, 2.24) is 9.80 Å². The van der Waals surface area contributed by atoms with E-state index in [4.69, 9.17) is 16.3 Å². The van der Waals surface area contributed by atoms with Crippen LogP contribution in [0.15, 0.2) is 66.7 Å². The lowest BCUT2D eigenvalue weighted by Crippen LogP contribution is -2.51. The van der Waals surface area contributed by atoms with E-state index in [2.05, 4.69) is 0 Å². The molecule has 1 atom stereocenters. The first-order valence-electron chi connectivity index (χ1n) is 9.81. The summed E-state index contributed by atoms with van der Waals surface area (Å²) in [5.41, 5.74) is 1.09. The number of rotatable bonds is 3. The number of amides is 2. The number of carbonyl (C=O) groups is 2. The molecule has 1 saturated heterocycles. The van der Waals surface area contributed by atoms with Gasteiger partial charge < -0.3 is 14.5 Å². The molecule has 2 amide bonds. The Hall–Kier alpha value is -3.38. The number of benzene rings is 3. The average Bonchev–Trinajstić information content (AvgIpc) is 3.29. The van der Waals surface area contributed by atoms with E-state index in [0.717, 1.165) is 11.1 Å². The molecule has 156 valence electrons. The highest BCUT2D eigenvalue weighted by molar-refractivity contribution is 6.30. The minimum Gasteiger partial charge on any atom is -0.494 e. The van der Waals surface area contributed by atoms with Gasteiger partial charge in [-0.1, -0.05) is 41.9 Å². The summed E-state index contributed by atoms with van der Waals surface area (Å²) in [6.07, 6.45) is 0. The van der Waals surface area contributed by atoms with Crippen LogP contribution in [0.5, 0.6) is 5.75 Å². The van der Waals surface area contributed by atoms with Crippen molar-refractivity contribution in [3.63, 3.8) is 0 Å². The van der Waals surface area contributed by atoms with Gasteiger partial charge in [-0.25, -0.2) is 4.39 Å². The highest BCUT2D eigenvalue weighted by Crippen LogP contribution is 2.50. The summed E-state index contributed by atoms with van der Waals surface area (Å²) in [4.78, 5) is 30.3. The molecule has 0 N–H and O–H groups in total. The van der Waals surface area contributed by atoms with Crippen molar-refractivity contribution in [1.29, 1.82) is 0 Å². The molecule has 0 bridgehead atoms. The van der Waals surface area contributed by atoms with E-state index in [1.807, 2.05) is 24.3 Å². The normalized spacial score (nSPS) is 19.4. The summed E-state index contributed by atoms with van der Waals surface area (Å²) in [6.45, 7) is 0.676. The van der Waals surface area contributed by atoms with Crippen molar-refractivity contribution < 1.29 is 18.7 Å². The van der Waals surface area contributed by atoms with E-state index in [1.165, 1.54) is 25.3 Å². The van der Waals surface area contributed by atoms with Gasteiger partial charge in [0.1, 0.15) is 0 Å². The van der Waals surface area contributed by atoms with E-state index in [-0.39, 0.29) is 23.1 Å². The van der Waals surface area contributed by atoms with Gasteiger partial charge in [0, 0.05) is 40.4 Å². The number of halogens is 2. The van der Waals surface area contributed by atoms with Crippen LogP contribution in [-0.4, -0.2) is 41.8 Å². The summed E-state index contributed by atoms with van der Waals surface area (Å²) in [7, 11) is 1.37. The van der Waals surface area contributed by atoms with Crippen LogP contribution < -0.4 is 4.74 Å². The lowest BCUT2D eigenvalue weighted by molar-refractivity contribution is 0.0375. The topological polar surface area (TPSA) is 49.9 Å². The van der Waals surface area contributed by atoms with Crippen LogP contribution in [0.2, 0.25) is 5.02 Å². The minimum absolute atomic E-state index is 0.0633. The molecule has 0 aromatic heterocycles. The monoisotopic (exact) mass is 436 g/mol. The number of methoxy groups -OCH3 is 1. The van der Waals surface area contributed by atoms with Crippen molar-refractivity contribution in [3.8, 4) is 5.75 Å². The zero-order valence-corrected chi connectivity index (χ0v) is 17.4. The fourth-order valence-electron chi connectivity index (χ4n) is 4.68. The Morgan fingerprint density at radius 3 is 2.52 bits per heavy atom. The summed E-state index contributed by atoms with van der Waals surface area (Å²) in [6, 6.07) is 18.5. The van der Waals surface area contributed by atoms with Crippen molar-refractivity contribution in [2.75, 3.05) is 20.2 Å². The Kier molecular flexibility index (Phi) is 4.48. The summed E-state index contributed by atoms with van der Waals surface area (Å²) >= 11 is 6.11. The van der Waals surface area contributed by atoms with Crippen molar-refractivity contribution in [3.05, 3.63) is 99.8 Å². The smallest absolute Gasteiger partial charge is 0.256 e. The second kappa shape index (κ2) is 7.10. The van der Waals surface area contributed by atoms with Crippen molar-refractivity contribution in [2.45, 2.75) is 5.66 Å². The van der Waals surface area contributed by atoms with E-state index < -0.39 is 11.5 Å². The molecule has 1 unspecified atom stereocenters. The van der Waals surface area contributed by atoms with Gasteiger partial charge in [0.05, 0.1) is 7.11 Å². The molecule has 0 radical (unpaired) electrons. The van der Waals surface area contributed by atoms with Gasteiger partial charge in [-0.3, -0.25) is 9.59 Å². The highest BCUT2D eigenvalue weighted by Gasteiger charge is 2.59. The first-order valence-corrected chi connectivity index (χ1v) is 10.2. The molecule has 0 spiro atoms. The molecular formula is C24H18ClFN2O3. The maximum absolute atomic E-state index is 14.4. The Balaban J connectivity index is 1.71. The third kappa shape index (κ3) is 2.68. The zero-order chi connectivity index (χ0) is 21.8. The van der Waals surface area contributed by atoms with Crippen LogP contribution in [0.4, 0.5) is 4.39 Å². The predicted octanol–water partition coefficient (Wildman–Crippen LogP) is 4.30. The molecule has 5 nitrogen and oxygen atoms in total. The number of carbonyl (C=O) groups excluding carboxylic acids is 2. The average molecular weight is 437 g/mol. The standard InChI is InChI=1S/C24H18ClFN2O3/c1-31-21-11-6-15(14-20(21)26)22(29)27-12-13-28-23(30)18-4-2-3-5-19(18)24(27,28)16-7-9-17(25)10-8-16/h2-11,14H,12-13H2,1H3. The summed E-state index contributed by atoms with van der Waals surface area (Å²) in [5, 5.41) is 0.553. The van der Waals surface area contributed by atoms with Crippen molar-refractivity contribution >= 4 is 23.4 Å². The number of hydrogen-bond donors (Lipinski definition) is 0. The molecule has 3 aromatic carbocycles. The Bertz CT molecular complexity index is 1210. The lowest BCUT2D eigenvalue weighted by Gasteiger charge is -2.40. The fourth-order valence-corrected chi connectivity index (χ4v) is 4.81. The van der Waals surface area contributed by atoms with Crippen molar-refractivity contribution in [2.24, 2.45) is 0 Å². The number of nitrogens with zero attached hydrogens (tertiary/aromatic N) is 2. The maximum atomic E-state index is 14.4. The van der Waals surface area contributed by atoms with Gasteiger partial charge in [0.25, 0.3) is 11.8 Å². The Labute approximate surface area is 183 Å². The zero-order valence-electron chi connectivity index (χ0n) is 16.6. The first-order chi connectivity index (χ1) is 15.0. The van der Waals surface area contributed by atoms with Crippen LogP contribution in [0.25, 0.3) is 0 Å². The molecule has 0 saturated carbocycles. The van der Waals surface area contributed by atoms with Gasteiger partial charge in [0.2, 0.25) is 0 Å². The van der Waals surface area contributed by atoms with Crippen LogP contribution in [0, 0.1) is 5.82 Å². The largest absolute Gasteiger partial charge is 0.494 e.